The van der Waals surface area contributed by atoms with Gasteiger partial charge in [-0.1, -0.05) is 22.0 Å². The molecule has 0 radical (unpaired) electrons. The largest absolute Gasteiger partial charge is 0.343 e. The predicted octanol–water partition coefficient (Wildman–Crippen LogP) is 2.68. The molecule has 1 unspecified atom stereocenters. The van der Waals surface area contributed by atoms with E-state index in [0.717, 1.165) is 19.4 Å². The fourth-order valence-corrected chi connectivity index (χ4v) is 2.86. The van der Waals surface area contributed by atoms with Gasteiger partial charge in [-0.2, -0.15) is 0 Å². The van der Waals surface area contributed by atoms with Gasteiger partial charge in [0.2, 0.25) is 0 Å². The zero-order valence-corrected chi connectivity index (χ0v) is 10.00. The van der Waals surface area contributed by atoms with Crippen LogP contribution in [0.25, 0.3) is 10.9 Å². The number of aromatic nitrogens is 1. The van der Waals surface area contributed by atoms with Crippen molar-refractivity contribution in [1.82, 2.24) is 4.57 Å². The van der Waals surface area contributed by atoms with E-state index in [1.165, 1.54) is 21.1 Å². The van der Waals surface area contributed by atoms with Crippen LogP contribution in [0.15, 0.2) is 28.7 Å². The van der Waals surface area contributed by atoms with E-state index in [9.17, 15) is 0 Å². The summed E-state index contributed by atoms with van der Waals surface area (Å²) in [4.78, 5) is 0. The summed E-state index contributed by atoms with van der Waals surface area (Å²) in [6, 6.07) is 8.94. The minimum atomic E-state index is 0.312. The minimum Gasteiger partial charge on any atom is -0.343 e. The second kappa shape index (κ2) is 3.35. The smallest absolute Gasteiger partial charge is 0.0494 e. The summed E-state index contributed by atoms with van der Waals surface area (Å²) in [6.07, 6.45) is 2.20. The van der Waals surface area contributed by atoms with E-state index in [1.54, 1.807) is 0 Å². The van der Waals surface area contributed by atoms with Crippen molar-refractivity contribution >= 4 is 26.8 Å². The topological polar surface area (TPSA) is 30.9 Å². The first-order valence-electron chi connectivity index (χ1n) is 5.28. The van der Waals surface area contributed by atoms with Crippen molar-refractivity contribution in [2.45, 2.75) is 25.4 Å². The lowest BCUT2D eigenvalue weighted by Crippen LogP contribution is -2.31. The van der Waals surface area contributed by atoms with Crippen LogP contribution in [0.4, 0.5) is 0 Å². The van der Waals surface area contributed by atoms with E-state index in [1.807, 2.05) is 0 Å². The quantitative estimate of drug-likeness (QED) is 0.780. The fraction of sp³-hybridized carbons (Fsp3) is 0.333. The van der Waals surface area contributed by atoms with Crippen molar-refractivity contribution in [3.05, 3.63) is 34.4 Å². The third kappa shape index (κ3) is 1.42. The Labute approximate surface area is 97.2 Å². The number of rotatable bonds is 0. The van der Waals surface area contributed by atoms with Gasteiger partial charge in [-0.3, -0.25) is 0 Å². The van der Waals surface area contributed by atoms with E-state index in [0.29, 0.717) is 6.04 Å². The highest BCUT2D eigenvalue weighted by atomic mass is 79.9. The van der Waals surface area contributed by atoms with Crippen molar-refractivity contribution in [3.63, 3.8) is 0 Å². The van der Waals surface area contributed by atoms with Crippen LogP contribution in [0.2, 0.25) is 0 Å². The molecule has 1 aromatic heterocycles. The second-order valence-corrected chi connectivity index (χ2v) is 5.07. The van der Waals surface area contributed by atoms with Gasteiger partial charge < -0.3 is 10.3 Å². The van der Waals surface area contributed by atoms with E-state index in [2.05, 4.69) is 44.8 Å². The molecule has 3 heteroatoms. The molecule has 0 amide bonds. The summed E-state index contributed by atoms with van der Waals surface area (Å²) in [7, 11) is 0. The van der Waals surface area contributed by atoms with Crippen LogP contribution < -0.4 is 5.73 Å². The van der Waals surface area contributed by atoms with Gasteiger partial charge in [0.05, 0.1) is 0 Å². The molecule has 15 heavy (non-hydrogen) atoms. The molecule has 0 saturated heterocycles. The van der Waals surface area contributed by atoms with Crippen LogP contribution in [0.3, 0.4) is 0 Å². The summed E-state index contributed by atoms with van der Waals surface area (Å²) in [5.41, 5.74) is 8.72. The number of fused-ring (bicyclic) bond motifs is 3. The van der Waals surface area contributed by atoms with Gasteiger partial charge in [-0.25, -0.2) is 0 Å². The van der Waals surface area contributed by atoms with E-state index in [4.69, 9.17) is 5.73 Å². The zero-order chi connectivity index (χ0) is 10.4. The Bertz CT molecular complexity index is 516. The first-order chi connectivity index (χ1) is 7.25. The van der Waals surface area contributed by atoms with Crippen LogP contribution in [-0.4, -0.2) is 10.6 Å². The molecular weight excluding hydrogens is 252 g/mol. The van der Waals surface area contributed by atoms with Crippen molar-refractivity contribution in [1.29, 1.82) is 0 Å². The van der Waals surface area contributed by atoms with Gasteiger partial charge in [-0.15, -0.1) is 0 Å². The molecule has 1 atom stereocenters. The fourth-order valence-electron chi connectivity index (χ4n) is 2.38. The number of nitrogens with zero attached hydrogens (tertiary/aromatic N) is 1. The lowest BCUT2D eigenvalue weighted by molar-refractivity contribution is 0.470. The number of aryl methyl sites for hydroxylation is 1. The Morgan fingerprint density at radius 2 is 2.27 bits per heavy atom. The highest BCUT2D eigenvalue weighted by Crippen LogP contribution is 2.30. The van der Waals surface area contributed by atoms with Gasteiger partial charge >= 0.3 is 0 Å². The number of nitrogens with two attached hydrogens (primary N) is 1. The Hall–Kier alpha value is -0.800. The summed E-state index contributed by atoms with van der Waals surface area (Å²) < 4.78 is 3.53. The highest BCUT2D eigenvalue weighted by molar-refractivity contribution is 9.10. The van der Waals surface area contributed by atoms with Crippen LogP contribution in [-0.2, 0) is 13.0 Å². The molecule has 0 fully saturated rings. The van der Waals surface area contributed by atoms with Crippen molar-refractivity contribution in [2.24, 2.45) is 5.73 Å². The molecule has 3 rings (SSSR count). The molecule has 0 aliphatic carbocycles. The van der Waals surface area contributed by atoms with Gasteiger partial charge in [0.15, 0.2) is 0 Å². The first-order valence-corrected chi connectivity index (χ1v) is 6.07. The molecule has 0 bridgehead atoms. The molecule has 2 heterocycles. The molecule has 78 valence electrons. The summed E-state index contributed by atoms with van der Waals surface area (Å²) in [6.45, 7) is 0.954. The molecule has 2 aromatic rings. The first kappa shape index (κ1) is 9.43. The number of benzene rings is 1. The lowest BCUT2D eigenvalue weighted by atomic mass is 10.1. The van der Waals surface area contributed by atoms with Gasteiger partial charge in [-0.05, 0) is 31.0 Å². The Balaban J connectivity index is 2.29. The standard InChI is InChI=1S/C12H13BrN2/c13-11-2-1-3-12-10(11)6-9-5-4-8(14)7-15(9)12/h1-3,6,8H,4-5,7,14H2. The summed E-state index contributed by atoms with van der Waals surface area (Å²) in [5, 5.41) is 1.31. The number of hydrogen-bond acceptors (Lipinski definition) is 1. The Morgan fingerprint density at radius 3 is 3.13 bits per heavy atom. The van der Waals surface area contributed by atoms with Crippen LogP contribution in [0, 0.1) is 0 Å². The highest BCUT2D eigenvalue weighted by Gasteiger charge is 2.18. The normalized spacial score (nSPS) is 20.5. The van der Waals surface area contributed by atoms with Crippen LogP contribution >= 0.6 is 15.9 Å². The van der Waals surface area contributed by atoms with E-state index in [-0.39, 0.29) is 0 Å². The molecule has 0 spiro atoms. The maximum Gasteiger partial charge on any atom is 0.0494 e. The van der Waals surface area contributed by atoms with Crippen LogP contribution in [0.5, 0.6) is 0 Å². The Morgan fingerprint density at radius 1 is 1.40 bits per heavy atom. The SMILES string of the molecule is NC1CCc2cc3c(Br)cccc3n2C1. The van der Waals surface area contributed by atoms with Crippen molar-refractivity contribution in [2.75, 3.05) is 0 Å². The summed E-state index contributed by atoms with van der Waals surface area (Å²) >= 11 is 3.59. The maximum absolute atomic E-state index is 6.01. The van der Waals surface area contributed by atoms with Crippen molar-refractivity contribution < 1.29 is 0 Å². The van der Waals surface area contributed by atoms with Crippen LogP contribution in [0.1, 0.15) is 12.1 Å². The molecule has 2 nitrogen and oxygen atoms in total. The number of halogens is 1. The predicted molar refractivity (Wildman–Crippen MR) is 65.9 cm³/mol. The molecule has 1 aromatic carbocycles. The van der Waals surface area contributed by atoms with Gasteiger partial charge in [0, 0.05) is 33.7 Å². The zero-order valence-electron chi connectivity index (χ0n) is 8.41. The molecule has 1 aliphatic heterocycles. The lowest BCUT2D eigenvalue weighted by Gasteiger charge is -2.21. The molecule has 1 aliphatic rings. The Kier molecular flexibility index (Phi) is 2.11. The number of hydrogen-bond donors (Lipinski definition) is 1. The van der Waals surface area contributed by atoms with Gasteiger partial charge in [0.1, 0.15) is 0 Å². The third-order valence-electron chi connectivity index (χ3n) is 3.17. The van der Waals surface area contributed by atoms with Crippen molar-refractivity contribution in [3.8, 4) is 0 Å². The van der Waals surface area contributed by atoms with Gasteiger partial charge in [0.25, 0.3) is 0 Å². The van der Waals surface area contributed by atoms with E-state index < -0.39 is 0 Å². The summed E-state index contributed by atoms with van der Waals surface area (Å²) in [5.74, 6) is 0. The molecule has 2 N–H and O–H groups in total. The molecular formula is C12H13BrN2. The average molecular weight is 265 g/mol. The molecule has 0 saturated carbocycles. The maximum atomic E-state index is 6.01. The van der Waals surface area contributed by atoms with E-state index >= 15 is 0 Å². The minimum absolute atomic E-state index is 0.312. The second-order valence-electron chi connectivity index (χ2n) is 4.22. The third-order valence-corrected chi connectivity index (χ3v) is 3.86. The average Bonchev–Trinajstić information content (AvgIpc) is 2.58. The monoisotopic (exact) mass is 264 g/mol.